The number of hydrogen-bond donors (Lipinski definition) is 1. The maximum atomic E-state index is 4.92. The first-order valence-electron chi connectivity index (χ1n) is 3.27. The molecule has 0 amide bonds. The summed E-state index contributed by atoms with van der Waals surface area (Å²) < 4.78 is 7.27. The van der Waals surface area contributed by atoms with E-state index in [1.165, 1.54) is 0 Å². The molecule has 0 aliphatic carbocycles. The zero-order valence-corrected chi connectivity index (χ0v) is 10.4. The molecule has 0 bridgehead atoms. The Morgan fingerprint density at radius 3 is 2.62 bits per heavy atom. The highest BCUT2D eigenvalue weighted by Crippen LogP contribution is 2.28. The maximum absolute atomic E-state index is 4.92. The molecule has 0 aromatic heterocycles. The second-order valence-corrected chi connectivity index (χ2v) is 3.86. The van der Waals surface area contributed by atoms with E-state index < -0.39 is 0 Å². The Morgan fingerprint density at radius 2 is 2.08 bits per heavy atom. The van der Waals surface area contributed by atoms with Gasteiger partial charge in [0.05, 0.1) is 5.69 Å². The summed E-state index contributed by atoms with van der Waals surface area (Å²) in [4.78, 5) is 0. The van der Waals surface area contributed by atoms with Gasteiger partial charge in [0, 0.05) is 11.5 Å². The number of para-hydroxylation sites is 1. The van der Waals surface area contributed by atoms with Crippen molar-refractivity contribution in [3.05, 3.63) is 28.7 Å². The monoisotopic (exact) mass is 282 g/mol. The minimum absolute atomic E-state index is 0. The lowest BCUT2D eigenvalue weighted by Gasteiger charge is -2.15. The van der Waals surface area contributed by atoms with Crippen LogP contribution in [0.2, 0.25) is 0 Å². The maximum Gasteiger partial charge on any atom is 0.135 e. The number of nitrogens with zero attached hydrogens (tertiary/aromatic N) is 1. The quantitative estimate of drug-likeness (QED) is 0.525. The van der Waals surface area contributed by atoms with Crippen molar-refractivity contribution in [2.75, 3.05) is 11.4 Å². The number of benzene rings is 1. The molecular weight excluding hydrogens is 272 g/mol. The summed E-state index contributed by atoms with van der Waals surface area (Å²) in [6, 6.07) is 7.84. The van der Waals surface area contributed by atoms with Crippen LogP contribution in [0, 0.1) is 0 Å². The van der Waals surface area contributed by atoms with Gasteiger partial charge in [-0.25, -0.2) is 10.2 Å². The molecule has 0 spiro atoms. The molecule has 2 N–H and O–H groups in total. The van der Waals surface area contributed by atoms with E-state index in [-0.39, 0.29) is 13.5 Å². The van der Waals surface area contributed by atoms with E-state index in [0.717, 1.165) is 22.4 Å². The number of rotatable bonds is 3. The van der Waals surface area contributed by atoms with Gasteiger partial charge in [-0.3, -0.25) is 4.31 Å². The van der Waals surface area contributed by atoms with E-state index in [2.05, 4.69) is 20.2 Å². The van der Waals surface area contributed by atoms with Gasteiger partial charge in [-0.2, -0.15) is 13.5 Å². The lowest BCUT2D eigenvalue weighted by molar-refractivity contribution is 0.397. The van der Waals surface area contributed by atoms with Gasteiger partial charge in [0.25, 0.3) is 0 Å². The molecule has 0 heterocycles. The Labute approximate surface area is 97.5 Å². The topological polar surface area (TPSA) is 38.5 Å². The highest BCUT2D eigenvalue weighted by atomic mass is 79.9. The minimum Gasteiger partial charge on any atom is -0.294 e. The Bertz CT molecular complexity index is 262. The van der Waals surface area contributed by atoms with Crippen molar-refractivity contribution in [1.29, 1.82) is 0 Å². The molecule has 0 aliphatic rings. The molecule has 6 heteroatoms. The summed E-state index contributed by atoms with van der Waals surface area (Å²) in [6.45, 7) is 0. The summed E-state index contributed by atoms with van der Waals surface area (Å²) in [5, 5.41) is 0. The van der Waals surface area contributed by atoms with Crippen molar-refractivity contribution in [2.45, 2.75) is 0 Å². The van der Waals surface area contributed by atoms with Crippen molar-refractivity contribution >= 4 is 47.3 Å². The van der Waals surface area contributed by atoms with Crippen molar-refractivity contribution < 1.29 is 4.28 Å². The molecule has 13 heavy (non-hydrogen) atoms. The second kappa shape index (κ2) is 6.56. The molecule has 0 atom stereocenters. The minimum atomic E-state index is 0. The van der Waals surface area contributed by atoms with E-state index >= 15 is 0 Å². The summed E-state index contributed by atoms with van der Waals surface area (Å²) in [6.07, 6.45) is 0. The highest BCUT2D eigenvalue weighted by molar-refractivity contribution is 9.10. The first-order valence-corrected chi connectivity index (χ1v) is 4.76. The largest absolute Gasteiger partial charge is 0.294 e. The summed E-state index contributed by atoms with van der Waals surface area (Å²) in [5.41, 5.74) is 1.02. The molecule has 1 aromatic carbocycles. The molecule has 1 aromatic rings. The van der Waals surface area contributed by atoms with Crippen LogP contribution in [0.3, 0.4) is 0 Å². The molecule has 74 valence electrons. The smallest absolute Gasteiger partial charge is 0.135 e. The van der Waals surface area contributed by atoms with E-state index in [0.29, 0.717) is 0 Å². The lowest BCUT2D eigenvalue weighted by Crippen LogP contribution is -2.09. The summed E-state index contributed by atoms with van der Waals surface area (Å²) in [7, 11) is 1.87. The second-order valence-electron chi connectivity index (χ2n) is 2.12. The van der Waals surface area contributed by atoms with Gasteiger partial charge in [0.15, 0.2) is 0 Å². The Kier molecular flexibility index (Phi) is 6.62. The fourth-order valence-electron chi connectivity index (χ4n) is 0.812. The van der Waals surface area contributed by atoms with Crippen molar-refractivity contribution in [2.24, 2.45) is 5.90 Å². The molecular formula is C7H11BrN2OS2. The fraction of sp³-hybridized carbons (Fsp3) is 0.143. The number of nitrogens with two attached hydrogens (primary N) is 1. The molecule has 1 rings (SSSR count). The van der Waals surface area contributed by atoms with Crippen LogP contribution in [0.5, 0.6) is 0 Å². The third-order valence-corrected chi connectivity index (χ3v) is 2.52. The van der Waals surface area contributed by atoms with Gasteiger partial charge in [-0.1, -0.05) is 12.1 Å². The zero-order valence-electron chi connectivity index (χ0n) is 7.03. The van der Waals surface area contributed by atoms with Crippen molar-refractivity contribution in [1.82, 2.24) is 0 Å². The standard InChI is InChI=1S/C7H9BrN2OS.H2S/c1-10(12-11-9)7-5-3-2-4-6(7)8;/h2-5H,9H2,1H3;1H2. The first-order chi connectivity index (χ1) is 5.75. The fourth-order valence-corrected chi connectivity index (χ4v) is 1.85. The van der Waals surface area contributed by atoms with E-state index in [4.69, 9.17) is 5.90 Å². The number of hydrogen-bond acceptors (Lipinski definition) is 4. The van der Waals surface area contributed by atoms with E-state index in [1.807, 2.05) is 35.6 Å². The van der Waals surface area contributed by atoms with Crippen LogP contribution < -0.4 is 10.2 Å². The van der Waals surface area contributed by atoms with Crippen LogP contribution in [-0.2, 0) is 4.28 Å². The SMILES string of the molecule is CN(SON)c1ccccc1Br.S. The normalized spacial score (nSPS) is 9.15. The summed E-state index contributed by atoms with van der Waals surface area (Å²) >= 11 is 4.50. The van der Waals surface area contributed by atoms with Gasteiger partial charge in [0.1, 0.15) is 12.2 Å². The molecule has 0 fully saturated rings. The average Bonchev–Trinajstić information content (AvgIpc) is 2.05. The Balaban J connectivity index is 0.00000144. The Hall–Kier alpha value is 0.120. The third kappa shape index (κ3) is 3.78. The van der Waals surface area contributed by atoms with Gasteiger partial charge >= 0.3 is 0 Å². The predicted octanol–water partition coefficient (Wildman–Crippen LogP) is 2.45. The van der Waals surface area contributed by atoms with Crippen molar-refractivity contribution in [3.63, 3.8) is 0 Å². The van der Waals surface area contributed by atoms with E-state index in [1.54, 1.807) is 0 Å². The van der Waals surface area contributed by atoms with Crippen LogP contribution in [0.25, 0.3) is 0 Å². The van der Waals surface area contributed by atoms with Gasteiger partial charge < -0.3 is 0 Å². The molecule has 0 radical (unpaired) electrons. The van der Waals surface area contributed by atoms with Gasteiger partial charge in [-0.15, -0.1) is 0 Å². The predicted molar refractivity (Wildman–Crippen MR) is 65.8 cm³/mol. The van der Waals surface area contributed by atoms with E-state index in [9.17, 15) is 0 Å². The number of halogens is 1. The van der Waals surface area contributed by atoms with Crippen molar-refractivity contribution in [3.8, 4) is 0 Å². The lowest BCUT2D eigenvalue weighted by atomic mass is 10.3. The van der Waals surface area contributed by atoms with Crippen LogP contribution in [-0.4, -0.2) is 7.05 Å². The summed E-state index contributed by atoms with van der Waals surface area (Å²) in [5.74, 6) is 4.92. The molecule has 0 unspecified atom stereocenters. The zero-order chi connectivity index (χ0) is 8.97. The Morgan fingerprint density at radius 1 is 1.46 bits per heavy atom. The first kappa shape index (κ1) is 13.1. The van der Waals surface area contributed by atoms with Crippen LogP contribution in [0.1, 0.15) is 0 Å². The van der Waals surface area contributed by atoms with Crippen LogP contribution in [0.15, 0.2) is 28.7 Å². The van der Waals surface area contributed by atoms with Crippen LogP contribution >= 0.6 is 41.7 Å². The average molecular weight is 283 g/mol. The third-order valence-electron chi connectivity index (χ3n) is 1.35. The van der Waals surface area contributed by atoms with Gasteiger partial charge in [-0.05, 0) is 28.1 Å². The van der Waals surface area contributed by atoms with Crippen LogP contribution in [0.4, 0.5) is 5.69 Å². The molecule has 3 nitrogen and oxygen atoms in total. The molecule has 0 aliphatic heterocycles. The molecule has 0 saturated heterocycles. The number of anilines is 1. The van der Waals surface area contributed by atoms with Gasteiger partial charge in [0.2, 0.25) is 0 Å². The molecule has 0 saturated carbocycles. The highest BCUT2D eigenvalue weighted by Gasteiger charge is 2.04.